The number of carbonyl (C=O) groups excluding carboxylic acids is 1. The van der Waals surface area contributed by atoms with Gasteiger partial charge in [0.15, 0.2) is 6.10 Å². The number of hydrogen-bond acceptors (Lipinski definition) is 3. The Hall–Kier alpha value is -2.82. The number of ether oxygens (including phenoxy) is 1. The lowest BCUT2D eigenvalue weighted by Gasteiger charge is -2.18. The van der Waals surface area contributed by atoms with Gasteiger partial charge < -0.3 is 15.2 Å². The Morgan fingerprint density at radius 1 is 1.00 bits per heavy atom. The van der Waals surface area contributed by atoms with Gasteiger partial charge in [-0.05, 0) is 60.6 Å². The third-order valence-electron chi connectivity index (χ3n) is 4.78. The van der Waals surface area contributed by atoms with Crippen LogP contribution in [0.3, 0.4) is 0 Å². The van der Waals surface area contributed by atoms with Crippen molar-refractivity contribution in [2.24, 2.45) is 0 Å². The summed E-state index contributed by atoms with van der Waals surface area (Å²) in [6, 6.07) is 13.3. The summed E-state index contributed by atoms with van der Waals surface area (Å²) in [5, 5.41) is 11.7. The predicted octanol–water partition coefficient (Wildman–Crippen LogP) is 5.10. The second-order valence-corrected chi connectivity index (χ2v) is 7.55. The summed E-state index contributed by atoms with van der Waals surface area (Å²) in [5.41, 5.74) is 3.73. The van der Waals surface area contributed by atoms with Gasteiger partial charge in [0.2, 0.25) is 0 Å². The van der Waals surface area contributed by atoms with Gasteiger partial charge in [-0.25, -0.2) is 0 Å². The van der Waals surface area contributed by atoms with Gasteiger partial charge in [-0.15, -0.1) is 0 Å². The van der Waals surface area contributed by atoms with Crippen molar-refractivity contribution in [2.45, 2.75) is 59.0 Å². The van der Waals surface area contributed by atoms with Gasteiger partial charge in [0.05, 0.1) is 6.42 Å². The molecule has 0 aromatic heterocycles. The Balaban J connectivity index is 2.01. The van der Waals surface area contributed by atoms with Crippen LogP contribution in [0.2, 0.25) is 0 Å². The summed E-state index contributed by atoms with van der Waals surface area (Å²) >= 11 is 0. The molecule has 2 atom stereocenters. The van der Waals surface area contributed by atoms with Crippen LogP contribution in [-0.4, -0.2) is 23.1 Å². The van der Waals surface area contributed by atoms with Crippen molar-refractivity contribution in [1.29, 1.82) is 0 Å². The molecule has 5 heteroatoms. The summed E-state index contributed by atoms with van der Waals surface area (Å²) in [6.07, 6.45) is -0.572. The number of benzene rings is 2. The normalized spacial score (nSPS) is 13.1. The van der Waals surface area contributed by atoms with Gasteiger partial charge in [0.1, 0.15) is 5.75 Å². The van der Waals surface area contributed by atoms with Crippen molar-refractivity contribution in [3.63, 3.8) is 0 Å². The zero-order chi connectivity index (χ0) is 20.8. The number of nitrogens with one attached hydrogen (secondary N) is 1. The number of aryl methyl sites for hydroxylation is 1. The fourth-order valence-corrected chi connectivity index (χ4v) is 2.87. The molecule has 5 nitrogen and oxygen atoms in total. The van der Waals surface area contributed by atoms with Gasteiger partial charge in [-0.1, -0.05) is 45.0 Å². The second kappa shape index (κ2) is 9.40. The van der Waals surface area contributed by atoms with E-state index >= 15 is 0 Å². The molecule has 2 aromatic carbocycles. The SMILES string of the molecule is Cc1ccc(C(C)C)cc1OC(C)C(=O)Nc1ccc(C(C)CC(=O)O)cc1. The average Bonchev–Trinajstić information content (AvgIpc) is 2.63. The van der Waals surface area contributed by atoms with Crippen LogP contribution in [0.1, 0.15) is 62.6 Å². The summed E-state index contributed by atoms with van der Waals surface area (Å²) in [7, 11) is 0. The minimum absolute atomic E-state index is 0.0748. The topological polar surface area (TPSA) is 75.6 Å². The van der Waals surface area contributed by atoms with E-state index in [4.69, 9.17) is 9.84 Å². The molecular formula is C23H29NO4. The largest absolute Gasteiger partial charge is 0.481 e. The molecule has 0 spiro atoms. The third-order valence-corrected chi connectivity index (χ3v) is 4.78. The smallest absolute Gasteiger partial charge is 0.303 e. The highest BCUT2D eigenvalue weighted by Gasteiger charge is 2.17. The van der Waals surface area contributed by atoms with E-state index in [1.807, 2.05) is 38.1 Å². The van der Waals surface area contributed by atoms with Crippen LogP contribution in [0.4, 0.5) is 5.69 Å². The van der Waals surface area contributed by atoms with E-state index in [9.17, 15) is 9.59 Å². The summed E-state index contributed by atoms with van der Waals surface area (Å²) in [6.45, 7) is 9.78. The minimum Gasteiger partial charge on any atom is -0.481 e. The molecule has 2 unspecified atom stereocenters. The molecule has 0 aliphatic rings. The highest BCUT2D eigenvalue weighted by atomic mass is 16.5. The quantitative estimate of drug-likeness (QED) is 0.665. The predicted molar refractivity (Wildman–Crippen MR) is 111 cm³/mol. The van der Waals surface area contributed by atoms with E-state index in [0.717, 1.165) is 11.1 Å². The molecule has 0 fully saturated rings. The number of anilines is 1. The van der Waals surface area contributed by atoms with E-state index < -0.39 is 12.1 Å². The lowest BCUT2D eigenvalue weighted by molar-refractivity contribution is -0.137. The van der Waals surface area contributed by atoms with Crippen LogP contribution in [0.15, 0.2) is 42.5 Å². The molecule has 1 amide bonds. The van der Waals surface area contributed by atoms with Crippen molar-refractivity contribution < 1.29 is 19.4 Å². The van der Waals surface area contributed by atoms with Crippen molar-refractivity contribution in [2.75, 3.05) is 5.32 Å². The molecule has 2 rings (SSSR count). The highest BCUT2D eigenvalue weighted by molar-refractivity contribution is 5.94. The molecule has 0 saturated carbocycles. The molecule has 0 saturated heterocycles. The third kappa shape index (κ3) is 5.84. The lowest BCUT2D eigenvalue weighted by atomic mass is 9.98. The number of carbonyl (C=O) groups is 2. The van der Waals surface area contributed by atoms with Gasteiger partial charge in [-0.3, -0.25) is 9.59 Å². The van der Waals surface area contributed by atoms with Gasteiger partial charge in [0, 0.05) is 5.69 Å². The van der Waals surface area contributed by atoms with E-state index in [1.54, 1.807) is 19.1 Å². The van der Waals surface area contributed by atoms with Crippen LogP contribution in [0.5, 0.6) is 5.75 Å². The molecule has 2 N–H and O–H groups in total. The van der Waals surface area contributed by atoms with Crippen molar-refractivity contribution in [3.05, 3.63) is 59.2 Å². The maximum atomic E-state index is 12.5. The molecule has 28 heavy (non-hydrogen) atoms. The molecular weight excluding hydrogens is 354 g/mol. The van der Waals surface area contributed by atoms with Gasteiger partial charge in [0.25, 0.3) is 5.91 Å². The fraction of sp³-hybridized carbons (Fsp3) is 0.391. The zero-order valence-corrected chi connectivity index (χ0v) is 17.2. The van der Waals surface area contributed by atoms with E-state index in [-0.39, 0.29) is 18.2 Å². The van der Waals surface area contributed by atoms with Crippen LogP contribution in [0.25, 0.3) is 0 Å². The molecule has 0 aliphatic carbocycles. The molecule has 0 aliphatic heterocycles. The van der Waals surface area contributed by atoms with Gasteiger partial charge >= 0.3 is 5.97 Å². The lowest BCUT2D eigenvalue weighted by Crippen LogP contribution is -2.30. The zero-order valence-electron chi connectivity index (χ0n) is 17.2. The van der Waals surface area contributed by atoms with Crippen molar-refractivity contribution >= 4 is 17.6 Å². The minimum atomic E-state index is -0.826. The summed E-state index contributed by atoms with van der Waals surface area (Å²) < 4.78 is 5.90. The molecule has 0 radical (unpaired) electrons. The number of carboxylic acid groups (broad SMARTS) is 1. The van der Waals surface area contributed by atoms with Crippen molar-refractivity contribution in [1.82, 2.24) is 0 Å². The Kier molecular flexibility index (Phi) is 7.21. The second-order valence-electron chi connectivity index (χ2n) is 7.55. The van der Waals surface area contributed by atoms with E-state index in [1.165, 1.54) is 5.56 Å². The Morgan fingerprint density at radius 2 is 1.61 bits per heavy atom. The first-order valence-corrected chi connectivity index (χ1v) is 9.57. The first-order valence-electron chi connectivity index (χ1n) is 9.57. The van der Waals surface area contributed by atoms with Crippen LogP contribution < -0.4 is 10.1 Å². The number of aliphatic carboxylic acids is 1. The van der Waals surface area contributed by atoms with Crippen molar-refractivity contribution in [3.8, 4) is 5.75 Å². The Morgan fingerprint density at radius 3 is 2.18 bits per heavy atom. The Bertz CT molecular complexity index is 827. The number of amides is 1. The maximum Gasteiger partial charge on any atom is 0.303 e. The van der Waals surface area contributed by atoms with Crippen LogP contribution in [-0.2, 0) is 9.59 Å². The molecule has 0 bridgehead atoms. The standard InChI is InChI=1S/C23H29NO4/c1-14(2)19-7-6-15(3)21(13-19)28-17(5)23(27)24-20-10-8-18(9-11-20)16(4)12-22(25)26/h6-11,13-14,16-17H,12H2,1-5H3,(H,24,27)(H,25,26). The summed E-state index contributed by atoms with van der Waals surface area (Å²) in [5.74, 6) is -0.0464. The maximum absolute atomic E-state index is 12.5. The Labute approximate surface area is 166 Å². The van der Waals surface area contributed by atoms with E-state index in [2.05, 4.69) is 25.2 Å². The molecule has 2 aromatic rings. The molecule has 150 valence electrons. The molecule has 0 heterocycles. The monoisotopic (exact) mass is 383 g/mol. The first-order chi connectivity index (χ1) is 13.2. The number of hydrogen-bond donors (Lipinski definition) is 2. The van der Waals surface area contributed by atoms with Crippen LogP contribution in [0, 0.1) is 6.92 Å². The van der Waals surface area contributed by atoms with Gasteiger partial charge in [-0.2, -0.15) is 0 Å². The first kappa shape index (κ1) is 21.5. The van der Waals surface area contributed by atoms with Crippen LogP contribution >= 0.6 is 0 Å². The number of rotatable bonds is 8. The highest BCUT2D eigenvalue weighted by Crippen LogP contribution is 2.26. The summed E-state index contributed by atoms with van der Waals surface area (Å²) in [4.78, 5) is 23.3. The average molecular weight is 383 g/mol. The van der Waals surface area contributed by atoms with E-state index in [0.29, 0.717) is 17.4 Å². The number of carboxylic acids is 1. The fourth-order valence-electron chi connectivity index (χ4n) is 2.87.